The summed E-state index contributed by atoms with van der Waals surface area (Å²) < 4.78 is 0. The third-order valence-corrected chi connectivity index (χ3v) is 5.54. The molecule has 0 heterocycles. The van der Waals surface area contributed by atoms with Crippen molar-refractivity contribution in [1.82, 2.24) is 5.32 Å². The van der Waals surface area contributed by atoms with Crippen molar-refractivity contribution in [3.63, 3.8) is 0 Å². The lowest BCUT2D eigenvalue weighted by atomic mass is 9.75. The zero-order valence-corrected chi connectivity index (χ0v) is 12.8. The lowest BCUT2D eigenvalue weighted by Crippen LogP contribution is -2.42. The van der Waals surface area contributed by atoms with E-state index in [-0.39, 0.29) is 0 Å². The van der Waals surface area contributed by atoms with Crippen LogP contribution in [0.25, 0.3) is 0 Å². The Hall–Kier alpha value is -0.0400. The Kier molecular flexibility index (Phi) is 5.12. The minimum absolute atomic E-state index is 0.573. The molecule has 0 saturated heterocycles. The van der Waals surface area contributed by atoms with Gasteiger partial charge in [0.1, 0.15) is 0 Å². The quantitative estimate of drug-likeness (QED) is 0.717. The molecule has 18 heavy (non-hydrogen) atoms. The fraction of sp³-hybridized carbons (Fsp3) is 1.00. The number of nitrogens with one attached hydrogen (secondary N) is 1. The number of rotatable bonds is 6. The molecule has 1 nitrogen and oxygen atoms in total. The molecule has 1 N–H and O–H groups in total. The van der Waals surface area contributed by atoms with Gasteiger partial charge in [-0.05, 0) is 49.5 Å². The molecule has 2 aliphatic carbocycles. The summed E-state index contributed by atoms with van der Waals surface area (Å²) in [5, 5.41) is 3.89. The summed E-state index contributed by atoms with van der Waals surface area (Å²) in [7, 11) is 0. The van der Waals surface area contributed by atoms with E-state index >= 15 is 0 Å². The standard InChI is InChI=1S/C17H33N/c1-4-12-18-16(13-14-8-5-6-9-14)15-10-7-11-17(15,2)3/h14-16,18H,4-13H2,1-3H3. The van der Waals surface area contributed by atoms with Gasteiger partial charge in [-0.15, -0.1) is 0 Å². The second-order valence-electron chi connectivity index (χ2n) is 7.43. The van der Waals surface area contributed by atoms with E-state index in [2.05, 4.69) is 26.1 Å². The lowest BCUT2D eigenvalue weighted by Gasteiger charge is -2.36. The first-order valence-electron chi connectivity index (χ1n) is 8.37. The van der Waals surface area contributed by atoms with Crippen LogP contribution in [0.3, 0.4) is 0 Å². The van der Waals surface area contributed by atoms with Gasteiger partial charge in [0, 0.05) is 6.04 Å². The van der Waals surface area contributed by atoms with Gasteiger partial charge in [-0.1, -0.05) is 52.9 Å². The van der Waals surface area contributed by atoms with Crippen molar-refractivity contribution >= 4 is 0 Å². The van der Waals surface area contributed by atoms with E-state index in [0.717, 1.165) is 17.9 Å². The Morgan fingerprint density at radius 2 is 1.83 bits per heavy atom. The second-order valence-corrected chi connectivity index (χ2v) is 7.43. The van der Waals surface area contributed by atoms with Gasteiger partial charge in [-0.2, -0.15) is 0 Å². The molecule has 2 aliphatic rings. The van der Waals surface area contributed by atoms with E-state index in [1.807, 2.05) is 0 Å². The summed E-state index contributed by atoms with van der Waals surface area (Å²) in [4.78, 5) is 0. The molecule has 0 aliphatic heterocycles. The first kappa shape index (κ1) is 14.4. The van der Waals surface area contributed by atoms with Gasteiger partial charge in [0.15, 0.2) is 0 Å². The molecule has 0 aromatic rings. The van der Waals surface area contributed by atoms with Crippen molar-refractivity contribution in [1.29, 1.82) is 0 Å². The minimum atomic E-state index is 0.573. The molecule has 0 spiro atoms. The minimum Gasteiger partial charge on any atom is -0.314 e. The Bertz CT molecular complexity index is 240. The summed E-state index contributed by atoms with van der Waals surface area (Å²) in [5.74, 6) is 1.94. The Balaban J connectivity index is 1.94. The SMILES string of the molecule is CCCNC(CC1CCCC1)C1CCCC1(C)C. The van der Waals surface area contributed by atoms with Crippen LogP contribution in [0.15, 0.2) is 0 Å². The molecule has 2 unspecified atom stereocenters. The van der Waals surface area contributed by atoms with E-state index < -0.39 is 0 Å². The lowest BCUT2D eigenvalue weighted by molar-refractivity contribution is 0.175. The van der Waals surface area contributed by atoms with Crippen molar-refractivity contribution in [2.24, 2.45) is 17.3 Å². The molecule has 1 heteroatoms. The maximum atomic E-state index is 3.89. The molecule has 0 bridgehead atoms. The van der Waals surface area contributed by atoms with E-state index in [0.29, 0.717) is 5.41 Å². The zero-order valence-electron chi connectivity index (χ0n) is 12.8. The average Bonchev–Trinajstić information content (AvgIpc) is 2.93. The fourth-order valence-electron chi connectivity index (χ4n) is 4.42. The van der Waals surface area contributed by atoms with E-state index in [9.17, 15) is 0 Å². The normalized spacial score (nSPS) is 29.8. The molecule has 2 fully saturated rings. The zero-order chi connectivity index (χ0) is 13.0. The van der Waals surface area contributed by atoms with Crippen LogP contribution in [-0.2, 0) is 0 Å². The van der Waals surface area contributed by atoms with Gasteiger partial charge in [0.25, 0.3) is 0 Å². The first-order chi connectivity index (χ1) is 8.63. The predicted octanol–water partition coefficient (Wildman–Crippen LogP) is 4.76. The molecule has 0 aromatic carbocycles. The summed E-state index contributed by atoms with van der Waals surface area (Å²) >= 11 is 0. The van der Waals surface area contributed by atoms with Crippen LogP contribution >= 0.6 is 0 Å². The smallest absolute Gasteiger partial charge is 0.0103 e. The summed E-state index contributed by atoms with van der Waals surface area (Å²) in [5.41, 5.74) is 0.573. The van der Waals surface area contributed by atoms with Crippen LogP contribution in [0.1, 0.15) is 78.6 Å². The Morgan fingerprint density at radius 1 is 1.11 bits per heavy atom. The molecule has 0 amide bonds. The highest BCUT2D eigenvalue weighted by Crippen LogP contribution is 2.46. The van der Waals surface area contributed by atoms with Crippen LogP contribution in [0.2, 0.25) is 0 Å². The average molecular weight is 251 g/mol. The van der Waals surface area contributed by atoms with Gasteiger partial charge >= 0.3 is 0 Å². The van der Waals surface area contributed by atoms with E-state index in [1.165, 1.54) is 64.3 Å². The third kappa shape index (κ3) is 3.50. The van der Waals surface area contributed by atoms with Crippen LogP contribution in [0, 0.1) is 17.3 Å². The summed E-state index contributed by atoms with van der Waals surface area (Å²) in [6.45, 7) is 8.50. The van der Waals surface area contributed by atoms with Crippen LogP contribution < -0.4 is 5.32 Å². The van der Waals surface area contributed by atoms with Gasteiger partial charge in [-0.3, -0.25) is 0 Å². The van der Waals surface area contributed by atoms with Gasteiger partial charge in [0.05, 0.1) is 0 Å². The van der Waals surface area contributed by atoms with Crippen molar-refractivity contribution < 1.29 is 0 Å². The second kappa shape index (κ2) is 6.41. The molecule has 0 radical (unpaired) electrons. The maximum absolute atomic E-state index is 3.89. The van der Waals surface area contributed by atoms with Crippen molar-refractivity contribution in [3.05, 3.63) is 0 Å². The molecular formula is C17H33N. The highest BCUT2D eigenvalue weighted by molar-refractivity contribution is 4.93. The van der Waals surface area contributed by atoms with E-state index in [1.54, 1.807) is 0 Å². The van der Waals surface area contributed by atoms with Gasteiger partial charge < -0.3 is 5.32 Å². The molecule has 2 atom stereocenters. The van der Waals surface area contributed by atoms with Crippen molar-refractivity contribution in [2.45, 2.75) is 84.6 Å². The molecule has 0 aromatic heterocycles. The van der Waals surface area contributed by atoms with Crippen LogP contribution in [-0.4, -0.2) is 12.6 Å². The van der Waals surface area contributed by atoms with Gasteiger partial charge in [0.2, 0.25) is 0 Å². The predicted molar refractivity (Wildman–Crippen MR) is 79.8 cm³/mol. The highest BCUT2D eigenvalue weighted by Gasteiger charge is 2.40. The maximum Gasteiger partial charge on any atom is 0.0103 e. The van der Waals surface area contributed by atoms with Crippen LogP contribution in [0.4, 0.5) is 0 Å². The summed E-state index contributed by atoms with van der Waals surface area (Å²) in [6, 6.07) is 0.797. The van der Waals surface area contributed by atoms with E-state index in [4.69, 9.17) is 0 Å². The van der Waals surface area contributed by atoms with Crippen LogP contribution in [0.5, 0.6) is 0 Å². The molecule has 2 rings (SSSR count). The molecule has 106 valence electrons. The Labute approximate surface area is 114 Å². The van der Waals surface area contributed by atoms with Crippen molar-refractivity contribution in [3.8, 4) is 0 Å². The molecule has 2 saturated carbocycles. The largest absolute Gasteiger partial charge is 0.314 e. The number of hydrogen-bond donors (Lipinski definition) is 1. The number of hydrogen-bond acceptors (Lipinski definition) is 1. The van der Waals surface area contributed by atoms with Gasteiger partial charge in [-0.25, -0.2) is 0 Å². The summed E-state index contributed by atoms with van der Waals surface area (Å²) in [6.07, 6.45) is 13.0. The fourth-order valence-corrected chi connectivity index (χ4v) is 4.42. The highest BCUT2D eigenvalue weighted by atomic mass is 14.9. The molecular weight excluding hydrogens is 218 g/mol. The first-order valence-corrected chi connectivity index (χ1v) is 8.37. The Morgan fingerprint density at radius 3 is 2.39 bits per heavy atom. The monoisotopic (exact) mass is 251 g/mol. The topological polar surface area (TPSA) is 12.0 Å². The third-order valence-electron chi connectivity index (χ3n) is 5.54. The van der Waals surface area contributed by atoms with Crippen molar-refractivity contribution in [2.75, 3.05) is 6.54 Å².